The second kappa shape index (κ2) is 8.71. The number of nitrogen functional groups attached to an aromatic ring is 1. The summed E-state index contributed by atoms with van der Waals surface area (Å²) >= 11 is 0. The van der Waals surface area contributed by atoms with Crippen LogP contribution in [0.1, 0.15) is 44.3 Å². The SMILES string of the molecule is CCn1nnc([C@H]2O[C@@H](n3cnc4c(N)nc(NC5CCCC5O)nc43)[C@H](O)[C@@H]2O)n1.Cl. The molecule has 3 aromatic heterocycles. The van der Waals surface area contributed by atoms with E-state index in [0.29, 0.717) is 24.1 Å². The van der Waals surface area contributed by atoms with Crippen LogP contribution in [-0.4, -0.2) is 79.4 Å². The third-order valence-electron chi connectivity index (χ3n) is 5.76. The molecule has 0 spiro atoms. The lowest BCUT2D eigenvalue weighted by Gasteiger charge is -2.18. The average Bonchev–Trinajstić information content (AvgIpc) is 3.52. The van der Waals surface area contributed by atoms with Gasteiger partial charge in [0.25, 0.3) is 0 Å². The van der Waals surface area contributed by atoms with Crippen LogP contribution in [0.4, 0.5) is 11.8 Å². The number of aliphatic hydroxyl groups excluding tert-OH is 3. The summed E-state index contributed by atoms with van der Waals surface area (Å²) in [4.78, 5) is 14.3. The summed E-state index contributed by atoms with van der Waals surface area (Å²) in [6, 6.07) is -0.167. The molecule has 2 unspecified atom stereocenters. The molecule has 3 aromatic rings. The lowest BCUT2D eigenvalue weighted by Crippen LogP contribution is -2.30. The van der Waals surface area contributed by atoms with Crippen LogP contribution in [0.3, 0.4) is 0 Å². The number of aliphatic hydroxyl groups is 3. The fourth-order valence-electron chi connectivity index (χ4n) is 4.07. The van der Waals surface area contributed by atoms with Gasteiger partial charge in [0.05, 0.1) is 25.0 Å². The number of hydrogen-bond donors (Lipinski definition) is 5. The number of nitrogens with two attached hydrogens (primary N) is 1. The van der Waals surface area contributed by atoms with Gasteiger partial charge in [-0.15, -0.1) is 22.6 Å². The van der Waals surface area contributed by atoms with Crippen molar-refractivity contribution < 1.29 is 20.1 Å². The van der Waals surface area contributed by atoms with Gasteiger partial charge in [-0.25, -0.2) is 4.98 Å². The van der Waals surface area contributed by atoms with Gasteiger partial charge in [0, 0.05) is 0 Å². The van der Waals surface area contributed by atoms with Gasteiger partial charge in [0.1, 0.15) is 17.7 Å². The first-order valence-corrected chi connectivity index (χ1v) is 10.2. The Bertz CT molecular complexity index is 1090. The van der Waals surface area contributed by atoms with Crippen molar-refractivity contribution in [3.05, 3.63) is 12.2 Å². The summed E-state index contributed by atoms with van der Waals surface area (Å²) in [5, 5.41) is 46.3. The minimum absolute atomic E-state index is 0. The number of halogens is 1. The highest BCUT2D eigenvalue weighted by molar-refractivity contribution is 5.85. The Morgan fingerprint density at radius 2 is 2.03 bits per heavy atom. The smallest absolute Gasteiger partial charge is 0.227 e. The van der Waals surface area contributed by atoms with Crippen LogP contribution in [0.15, 0.2) is 6.33 Å². The first-order chi connectivity index (χ1) is 15.0. The van der Waals surface area contributed by atoms with Gasteiger partial charge in [-0.3, -0.25) is 4.57 Å². The third-order valence-corrected chi connectivity index (χ3v) is 5.76. The lowest BCUT2D eigenvalue weighted by molar-refractivity contribution is -0.0384. The van der Waals surface area contributed by atoms with E-state index < -0.39 is 30.6 Å². The molecule has 0 radical (unpaired) electrons. The molecule has 2 fully saturated rings. The number of hydrogen-bond acceptors (Lipinski definition) is 12. The van der Waals surface area contributed by atoms with Crippen LogP contribution in [0, 0.1) is 0 Å². The third kappa shape index (κ3) is 3.73. The Hall–Kier alpha value is -2.65. The number of ether oxygens (including phenoxy) is 1. The summed E-state index contributed by atoms with van der Waals surface area (Å²) < 4.78 is 7.38. The monoisotopic (exact) mass is 468 g/mol. The summed E-state index contributed by atoms with van der Waals surface area (Å²) in [5.41, 5.74) is 6.72. The van der Waals surface area contributed by atoms with Crippen LogP contribution in [-0.2, 0) is 11.3 Å². The molecule has 15 heteroatoms. The summed E-state index contributed by atoms with van der Waals surface area (Å²) in [6.45, 7) is 2.36. The molecule has 14 nitrogen and oxygen atoms in total. The number of tetrazole rings is 1. The van der Waals surface area contributed by atoms with E-state index in [2.05, 4.69) is 35.7 Å². The van der Waals surface area contributed by atoms with Gasteiger partial charge in [0.2, 0.25) is 11.8 Å². The number of imidazole rings is 1. The van der Waals surface area contributed by atoms with Crippen LogP contribution in [0.2, 0.25) is 0 Å². The maximum Gasteiger partial charge on any atom is 0.227 e. The van der Waals surface area contributed by atoms with Crippen LogP contribution >= 0.6 is 12.4 Å². The van der Waals surface area contributed by atoms with Crippen molar-refractivity contribution in [3.8, 4) is 0 Å². The Kier molecular flexibility index (Phi) is 6.13. The Morgan fingerprint density at radius 3 is 2.72 bits per heavy atom. The zero-order valence-electron chi connectivity index (χ0n) is 17.2. The summed E-state index contributed by atoms with van der Waals surface area (Å²) in [5.74, 6) is 0.567. The molecule has 1 aliphatic carbocycles. The van der Waals surface area contributed by atoms with E-state index in [9.17, 15) is 15.3 Å². The zero-order valence-corrected chi connectivity index (χ0v) is 18.0. The van der Waals surface area contributed by atoms with Crippen LogP contribution in [0.25, 0.3) is 11.2 Å². The van der Waals surface area contributed by atoms with Crippen LogP contribution < -0.4 is 11.1 Å². The predicted molar refractivity (Wildman–Crippen MR) is 113 cm³/mol. The highest BCUT2D eigenvalue weighted by Crippen LogP contribution is 2.38. The molecule has 0 aromatic carbocycles. The van der Waals surface area contributed by atoms with Crippen LogP contribution in [0.5, 0.6) is 0 Å². The van der Waals surface area contributed by atoms with Crippen molar-refractivity contribution in [2.75, 3.05) is 11.1 Å². The number of nitrogens with zero attached hydrogens (tertiary/aromatic N) is 8. The van der Waals surface area contributed by atoms with E-state index in [1.165, 1.54) is 15.7 Å². The number of anilines is 2. The molecule has 5 rings (SSSR count). The molecule has 6 atom stereocenters. The number of nitrogens with one attached hydrogen (secondary N) is 1. The average molecular weight is 469 g/mol. The van der Waals surface area contributed by atoms with Gasteiger partial charge in [0.15, 0.2) is 23.8 Å². The van der Waals surface area contributed by atoms with E-state index in [1.807, 2.05) is 6.92 Å². The molecule has 1 saturated heterocycles. The van der Waals surface area contributed by atoms with E-state index >= 15 is 0 Å². The molecule has 2 aliphatic rings. The second-order valence-corrected chi connectivity index (χ2v) is 7.77. The van der Waals surface area contributed by atoms with Gasteiger partial charge in [-0.1, -0.05) is 0 Å². The molecular formula is C17H25ClN10O4. The maximum absolute atomic E-state index is 10.7. The molecule has 32 heavy (non-hydrogen) atoms. The number of rotatable bonds is 5. The molecule has 174 valence electrons. The lowest BCUT2D eigenvalue weighted by atomic mass is 10.1. The number of aromatic nitrogens is 8. The number of fused-ring (bicyclic) bond motifs is 1. The van der Waals surface area contributed by atoms with Crippen molar-refractivity contribution in [3.63, 3.8) is 0 Å². The maximum atomic E-state index is 10.7. The predicted octanol–water partition coefficient (Wildman–Crippen LogP) is -0.846. The normalized spacial score (nSPS) is 30.0. The molecule has 0 bridgehead atoms. The van der Waals surface area contributed by atoms with E-state index in [0.717, 1.165) is 12.8 Å². The highest BCUT2D eigenvalue weighted by atomic mass is 35.5. The van der Waals surface area contributed by atoms with Crippen molar-refractivity contribution in [2.45, 2.75) is 69.4 Å². The van der Waals surface area contributed by atoms with Gasteiger partial charge in [-0.2, -0.15) is 14.8 Å². The highest BCUT2D eigenvalue weighted by Gasteiger charge is 2.47. The largest absolute Gasteiger partial charge is 0.391 e. The standard InChI is InChI=1S/C17H24N10O4.ClH/c1-2-27-24-14(23-25-27)12-10(29)11(30)16(31-12)26-6-19-9-13(18)21-17(22-15(9)26)20-7-4-3-5-8(7)28;/h6-8,10-12,16,28-30H,2-5H2,1H3,(H3,18,20,21,22);1H/t7?,8?,10-,11+,12-,16+;/m0./s1. The fraction of sp³-hybridized carbons (Fsp3) is 0.647. The quantitative estimate of drug-likeness (QED) is 0.311. The molecule has 0 amide bonds. The zero-order chi connectivity index (χ0) is 21.7. The fourth-order valence-corrected chi connectivity index (χ4v) is 4.07. The van der Waals surface area contributed by atoms with E-state index in [1.54, 1.807) is 0 Å². The summed E-state index contributed by atoms with van der Waals surface area (Å²) in [6.07, 6.45) is -1.18. The van der Waals surface area contributed by atoms with E-state index in [4.69, 9.17) is 10.5 Å². The van der Waals surface area contributed by atoms with Crippen molar-refractivity contribution in [2.24, 2.45) is 0 Å². The number of aryl methyl sites for hydroxylation is 1. The Balaban J connectivity index is 0.00000245. The van der Waals surface area contributed by atoms with E-state index in [-0.39, 0.29) is 36.0 Å². The molecule has 1 aliphatic heterocycles. The van der Waals surface area contributed by atoms with Gasteiger partial charge >= 0.3 is 0 Å². The minimum atomic E-state index is -1.29. The first kappa shape index (κ1) is 22.5. The molecule has 6 N–H and O–H groups in total. The molecule has 4 heterocycles. The second-order valence-electron chi connectivity index (χ2n) is 7.77. The first-order valence-electron chi connectivity index (χ1n) is 10.2. The van der Waals surface area contributed by atoms with Crippen molar-refractivity contribution in [1.82, 2.24) is 39.7 Å². The van der Waals surface area contributed by atoms with Crippen molar-refractivity contribution in [1.29, 1.82) is 0 Å². The molecular weight excluding hydrogens is 444 g/mol. The molecule has 1 saturated carbocycles. The van der Waals surface area contributed by atoms with Gasteiger partial charge in [-0.05, 0) is 31.4 Å². The van der Waals surface area contributed by atoms with Gasteiger partial charge < -0.3 is 31.1 Å². The Labute approximate surface area is 188 Å². The van der Waals surface area contributed by atoms with Crippen molar-refractivity contribution >= 4 is 35.3 Å². The summed E-state index contributed by atoms with van der Waals surface area (Å²) in [7, 11) is 0. The topological polar surface area (TPSA) is 195 Å². The Morgan fingerprint density at radius 1 is 1.22 bits per heavy atom. The minimum Gasteiger partial charge on any atom is -0.391 e.